The quantitative estimate of drug-likeness (QED) is 0.919. The van der Waals surface area contributed by atoms with E-state index in [1.54, 1.807) is 16.9 Å². The van der Waals surface area contributed by atoms with E-state index in [4.69, 9.17) is 0 Å². The molecule has 0 spiro atoms. The van der Waals surface area contributed by atoms with Gasteiger partial charge in [0.05, 0.1) is 5.92 Å². The lowest BCUT2D eigenvalue weighted by Gasteiger charge is -2.13. The van der Waals surface area contributed by atoms with Gasteiger partial charge in [0.25, 0.3) is 0 Å². The van der Waals surface area contributed by atoms with Crippen LogP contribution in [0.5, 0.6) is 0 Å². The molecule has 126 valence electrons. The molecule has 1 fully saturated rings. The molecule has 0 aliphatic heterocycles. The monoisotopic (exact) mass is 325 g/mol. The first-order valence-electron chi connectivity index (χ1n) is 8.45. The van der Waals surface area contributed by atoms with E-state index in [2.05, 4.69) is 10.4 Å². The third-order valence-electron chi connectivity index (χ3n) is 4.75. The molecule has 1 N–H and O–H groups in total. The van der Waals surface area contributed by atoms with Gasteiger partial charge in [-0.3, -0.25) is 14.3 Å². The van der Waals surface area contributed by atoms with Crippen LogP contribution in [0, 0.1) is 5.92 Å². The lowest BCUT2D eigenvalue weighted by atomic mass is 9.94. The number of rotatable bonds is 5. The Morgan fingerprint density at radius 3 is 2.67 bits per heavy atom. The number of aromatic nitrogens is 2. The minimum atomic E-state index is -0.255. The van der Waals surface area contributed by atoms with Crippen LogP contribution in [0.15, 0.2) is 36.5 Å². The Morgan fingerprint density at radius 1 is 1.33 bits per heavy atom. The number of ketones is 1. The second kappa shape index (κ2) is 6.99. The van der Waals surface area contributed by atoms with Gasteiger partial charge in [0, 0.05) is 31.6 Å². The number of amides is 1. The summed E-state index contributed by atoms with van der Waals surface area (Å²) in [5.41, 5.74) is 2.13. The number of nitrogens with zero attached hydrogens (tertiary/aromatic N) is 2. The number of anilines is 1. The van der Waals surface area contributed by atoms with Crippen molar-refractivity contribution >= 4 is 17.5 Å². The standard InChI is InChI=1S/C19H23N3O2/c1-13(19(24)20-18-10-11-22(2)21-18)15-8-6-14(7-9-15)12-16-4-3-5-17(16)23/h6-11,13,16H,3-5,12H2,1-2H3,(H,20,21,24)/t13-,16+/m1/s1. The maximum atomic E-state index is 12.3. The number of aryl methyl sites for hydroxylation is 1. The third kappa shape index (κ3) is 3.72. The number of benzene rings is 1. The Kier molecular flexibility index (Phi) is 4.79. The van der Waals surface area contributed by atoms with Gasteiger partial charge in [-0.15, -0.1) is 0 Å². The molecule has 1 aromatic heterocycles. The van der Waals surface area contributed by atoms with Gasteiger partial charge >= 0.3 is 0 Å². The summed E-state index contributed by atoms with van der Waals surface area (Å²) < 4.78 is 1.65. The minimum absolute atomic E-state index is 0.0765. The summed E-state index contributed by atoms with van der Waals surface area (Å²) in [5.74, 6) is 0.801. The molecule has 1 saturated carbocycles. The highest BCUT2D eigenvalue weighted by atomic mass is 16.2. The van der Waals surface area contributed by atoms with Crippen LogP contribution in [0.3, 0.4) is 0 Å². The first kappa shape index (κ1) is 16.4. The predicted molar refractivity (Wildman–Crippen MR) is 92.7 cm³/mol. The molecule has 1 amide bonds. The van der Waals surface area contributed by atoms with Crippen LogP contribution in [0.4, 0.5) is 5.82 Å². The van der Waals surface area contributed by atoms with E-state index < -0.39 is 0 Å². The van der Waals surface area contributed by atoms with Crippen molar-refractivity contribution in [3.8, 4) is 0 Å². The molecule has 1 aromatic carbocycles. The Balaban J connectivity index is 1.61. The molecule has 0 radical (unpaired) electrons. The Labute approximate surface area is 142 Å². The fourth-order valence-corrected chi connectivity index (χ4v) is 3.20. The van der Waals surface area contributed by atoms with Crippen LogP contribution >= 0.6 is 0 Å². The highest BCUT2D eigenvalue weighted by molar-refractivity contribution is 5.94. The second-order valence-corrected chi connectivity index (χ2v) is 6.59. The molecular formula is C19H23N3O2. The van der Waals surface area contributed by atoms with Crippen molar-refractivity contribution in [1.29, 1.82) is 0 Å². The first-order chi connectivity index (χ1) is 11.5. The van der Waals surface area contributed by atoms with Gasteiger partial charge in [-0.2, -0.15) is 5.10 Å². The second-order valence-electron chi connectivity index (χ2n) is 6.59. The summed E-state index contributed by atoms with van der Waals surface area (Å²) in [6.45, 7) is 1.88. The van der Waals surface area contributed by atoms with Crippen molar-refractivity contribution in [2.45, 2.75) is 38.5 Å². The fraction of sp³-hybridized carbons (Fsp3) is 0.421. The van der Waals surface area contributed by atoms with Crippen molar-refractivity contribution in [3.63, 3.8) is 0 Å². The predicted octanol–water partition coefficient (Wildman–Crippen LogP) is 3.07. The Morgan fingerprint density at radius 2 is 2.08 bits per heavy atom. The summed E-state index contributed by atoms with van der Waals surface area (Å²) >= 11 is 0. The van der Waals surface area contributed by atoms with Crippen LogP contribution < -0.4 is 5.32 Å². The van der Waals surface area contributed by atoms with Gasteiger partial charge in [-0.1, -0.05) is 24.3 Å². The third-order valence-corrected chi connectivity index (χ3v) is 4.75. The molecule has 2 atom stereocenters. The number of hydrogen-bond donors (Lipinski definition) is 1. The fourth-order valence-electron chi connectivity index (χ4n) is 3.20. The largest absolute Gasteiger partial charge is 0.309 e. The van der Waals surface area contributed by atoms with Crippen molar-refractivity contribution < 1.29 is 9.59 Å². The molecule has 1 heterocycles. The lowest BCUT2D eigenvalue weighted by molar-refractivity contribution is -0.120. The van der Waals surface area contributed by atoms with Crippen molar-refractivity contribution in [3.05, 3.63) is 47.7 Å². The maximum Gasteiger partial charge on any atom is 0.232 e. The highest BCUT2D eigenvalue weighted by Gasteiger charge is 2.24. The molecule has 1 aliphatic rings. The molecule has 5 nitrogen and oxygen atoms in total. The van der Waals surface area contributed by atoms with Crippen LogP contribution in [0.2, 0.25) is 0 Å². The average Bonchev–Trinajstić information content (AvgIpc) is 3.16. The molecule has 24 heavy (non-hydrogen) atoms. The number of Topliss-reactive ketones (excluding diaryl/α,β-unsaturated/α-hetero) is 1. The summed E-state index contributed by atoms with van der Waals surface area (Å²) in [6, 6.07) is 9.80. The maximum absolute atomic E-state index is 12.3. The molecule has 0 unspecified atom stereocenters. The van der Waals surface area contributed by atoms with Gasteiger partial charge in [-0.05, 0) is 37.3 Å². The van der Waals surface area contributed by atoms with E-state index in [1.165, 1.54) is 0 Å². The van der Waals surface area contributed by atoms with Crippen molar-refractivity contribution in [2.75, 3.05) is 5.32 Å². The molecule has 2 aromatic rings. The Bertz CT molecular complexity index is 733. The highest BCUT2D eigenvalue weighted by Crippen LogP contribution is 2.26. The first-order valence-corrected chi connectivity index (χ1v) is 8.45. The molecule has 0 saturated heterocycles. The van der Waals surface area contributed by atoms with Crippen molar-refractivity contribution in [2.24, 2.45) is 13.0 Å². The number of carbonyl (C=O) groups excluding carboxylic acids is 2. The van der Waals surface area contributed by atoms with Gasteiger partial charge in [-0.25, -0.2) is 0 Å². The minimum Gasteiger partial charge on any atom is -0.309 e. The van der Waals surface area contributed by atoms with Gasteiger partial charge in [0.2, 0.25) is 5.91 Å². The van der Waals surface area contributed by atoms with E-state index in [9.17, 15) is 9.59 Å². The van der Waals surface area contributed by atoms with Crippen LogP contribution in [-0.4, -0.2) is 21.5 Å². The van der Waals surface area contributed by atoms with Gasteiger partial charge in [0.15, 0.2) is 5.82 Å². The topological polar surface area (TPSA) is 64.0 Å². The molecule has 3 rings (SSSR count). The number of nitrogens with one attached hydrogen (secondary N) is 1. The summed E-state index contributed by atoms with van der Waals surface area (Å²) in [5, 5.41) is 6.98. The van der Waals surface area contributed by atoms with E-state index in [-0.39, 0.29) is 17.7 Å². The smallest absolute Gasteiger partial charge is 0.232 e. The van der Waals surface area contributed by atoms with Crippen LogP contribution in [-0.2, 0) is 23.1 Å². The van der Waals surface area contributed by atoms with Crippen molar-refractivity contribution in [1.82, 2.24) is 9.78 Å². The van der Waals surface area contributed by atoms with E-state index in [0.29, 0.717) is 11.6 Å². The molecular weight excluding hydrogens is 302 g/mol. The summed E-state index contributed by atoms with van der Waals surface area (Å²) in [4.78, 5) is 24.1. The number of hydrogen-bond acceptors (Lipinski definition) is 3. The van der Waals surface area contributed by atoms with Crippen LogP contribution in [0.1, 0.15) is 43.2 Å². The molecule has 0 bridgehead atoms. The molecule has 5 heteroatoms. The lowest BCUT2D eigenvalue weighted by Crippen LogP contribution is -2.19. The zero-order chi connectivity index (χ0) is 17.1. The number of carbonyl (C=O) groups is 2. The normalized spacial score (nSPS) is 18.6. The Hall–Kier alpha value is -2.43. The van der Waals surface area contributed by atoms with E-state index in [0.717, 1.165) is 36.8 Å². The zero-order valence-electron chi connectivity index (χ0n) is 14.2. The summed E-state index contributed by atoms with van der Waals surface area (Å²) in [6.07, 6.45) is 5.36. The van der Waals surface area contributed by atoms with E-state index in [1.807, 2.05) is 38.2 Å². The van der Waals surface area contributed by atoms with Crippen LogP contribution in [0.25, 0.3) is 0 Å². The average molecular weight is 325 g/mol. The SMILES string of the molecule is C[C@@H](C(=O)Nc1ccn(C)n1)c1ccc(C[C@@H]2CCCC2=O)cc1. The summed E-state index contributed by atoms with van der Waals surface area (Å²) in [7, 11) is 1.81. The van der Waals surface area contributed by atoms with Gasteiger partial charge < -0.3 is 5.32 Å². The van der Waals surface area contributed by atoms with E-state index >= 15 is 0 Å². The van der Waals surface area contributed by atoms with Gasteiger partial charge in [0.1, 0.15) is 5.78 Å². The zero-order valence-corrected chi connectivity index (χ0v) is 14.2. The molecule has 1 aliphatic carbocycles.